The van der Waals surface area contributed by atoms with E-state index in [2.05, 4.69) is 4.99 Å². The Bertz CT molecular complexity index is 192. The molecular formula is C8H17N3O2. The second-order valence-corrected chi connectivity index (χ2v) is 2.85. The maximum Gasteiger partial charge on any atom is 0.303 e. The fourth-order valence-corrected chi connectivity index (χ4v) is 0.910. The molecule has 0 aromatic carbocycles. The summed E-state index contributed by atoms with van der Waals surface area (Å²) >= 11 is 0. The molecule has 5 nitrogen and oxygen atoms in total. The normalized spacial score (nSPS) is 11.4. The molecule has 76 valence electrons. The van der Waals surface area contributed by atoms with Gasteiger partial charge in [-0.3, -0.25) is 9.79 Å². The SMILES string of the molecule is CN=C(N)N(C)CCCCC(=O)O. The highest BCUT2D eigenvalue weighted by molar-refractivity contribution is 5.77. The van der Waals surface area contributed by atoms with E-state index in [0.29, 0.717) is 12.4 Å². The number of guanidine groups is 1. The number of carbonyl (C=O) groups is 1. The highest BCUT2D eigenvalue weighted by atomic mass is 16.4. The Labute approximate surface area is 78.2 Å². The van der Waals surface area contributed by atoms with Crippen LogP contribution in [-0.4, -0.2) is 42.6 Å². The van der Waals surface area contributed by atoms with Crippen LogP contribution >= 0.6 is 0 Å². The molecule has 0 fully saturated rings. The fraction of sp³-hybridized carbons (Fsp3) is 0.750. The minimum atomic E-state index is -0.750. The van der Waals surface area contributed by atoms with Crippen LogP contribution in [0, 0.1) is 0 Å². The Morgan fingerprint density at radius 3 is 2.62 bits per heavy atom. The molecule has 0 bridgehead atoms. The van der Waals surface area contributed by atoms with Crippen molar-refractivity contribution < 1.29 is 9.90 Å². The van der Waals surface area contributed by atoms with Crippen LogP contribution in [0.1, 0.15) is 19.3 Å². The van der Waals surface area contributed by atoms with E-state index in [4.69, 9.17) is 10.8 Å². The van der Waals surface area contributed by atoms with E-state index in [1.807, 2.05) is 11.9 Å². The van der Waals surface area contributed by atoms with Gasteiger partial charge in [-0.15, -0.1) is 0 Å². The summed E-state index contributed by atoms with van der Waals surface area (Å²) < 4.78 is 0. The molecule has 0 heterocycles. The molecule has 0 radical (unpaired) electrons. The molecule has 0 saturated heterocycles. The van der Waals surface area contributed by atoms with Crippen LogP contribution in [0.15, 0.2) is 4.99 Å². The largest absolute Gasteiger partial charge is 0.481 e. The van der Waals surface area contributed by atoms with E-state index in [1.54, 1.807) is 7.05 Å². The fourth-order valence-electron chi connectivity index (χ4n) is 0.910. The van der Waals surface area contributed by atoms with Crippen LogP contribution in [-0.2, 0) is 4.79 Å². The van der Waals surface area contributed by atoms with Gasteiger partial charge in [-0.25, -0.2) is 0 Å². The molecule has 3 N–H and O–H groups in total. The number of unbranched alkanes of at least 4 members (excludes halogenated alkanes) is 1. The highest BCUT2D eigenvalue weighted by Crippen LogP contribution is 1.96. The molecule has 0 atom stereocenters. The van der Waals surface area contributed by atoms with Crippen molar-refractivity contribution in [2.24, 2.45) is 10.7 Å². The van der Waals surface area contributed by atoms with E-state index in [0.717, 1.165) is 13.0 Å². The van der Waals surface area contributed by atoms with Gasteiger partial charge >= 0.3 is 5.97 Å². The van der Waals surface area contributed by atoms with Gasteiger partial charge in [0.15, 0.2) is 5.96 Å². The maximum atomic E-state index is 10.2. The van der Waals surface area contributed by atoms with Crippen molar-refractivity contribution >= 4 is 11.9 Å². The van der Waals surface area contributed by atoms with Crippen molar-refractivity contribution in [1.29, 1.82) is 0 Å². The van der Waals surface area contributed by atoms with E-state index >= 15 is 0 Å². The van der Waals surface area contributed by atoms with Gasteiger partial charge in [0.2, 0.25) is 0 Å². The minimum Gasteiger partial charge on any atom is -0.481 e. The third kappa shape index (κ3) is 5.95. The van der Waals surface area contributed by atoms with E-state index < -0.39 is 5.97 Å². The van der Waals surface area contributed by atoms with Crippen molar-refractivity contribution in [1.82, 2.24) is 4.90 Å². The molecular weight excluding hydrogens is 170 g/mol. The van der Waals surface area contributed by atoms with E-state index in [1.165, 1.54) is 0 Å². The zero-order valence-corrected chi connectivity index (χ0v) is 8.16. The molecule has 0 saturated carbocycles. The van der Waals surface area contributed by atoms with Gasteiger partial charge in [-0.05, 0) is 12.8 Å². The lowest BCUT2D eigenvalue weighted by Crippen LogP contribution is -2.34. The number of hydrogen-bond donors (Lipinski definition) is 2. The summed E-state index contributed by atoms with van der Waals surface area (Å²) in [5, 5.41) is 8.37. The standard InChI is InChI=1S/C8H17N3O2/c1-10-8(9)11(2)6-4-3-5-7(12)13/h3-6H2,1-2H3,(H2,9,10)(H,12,13). The van der Waals surface area contributed by atoms with Crippen LogP contribution < -0.4 is 5.73 Å². The maximum absolute atomic E-state index is 10.2. The Balaban J connectivity index is 3.48. The first-order valence-electron chi connectivity index (χ1n) is 4.23. The number of aliphatic carboxylic acids is 1. The second-order valence-electron chi connectivity index (χ2n) is 2.85. The molecule has 0 aliphatic rings. The molecule has 13 heavy (non-hydrogen) atoms. The Kier molecular flexibility index (Phi) is 5.67. The third-order valence-electron chi connectivity index (χ3n) is 1.75. The van der Waals surface area contributed by atoms with Gasteiger partial charge < -0.3 is 15.7 Å². The molecule has 0 aliphatic carbocycles. The van der Waals surface area contributed by atoms with Crippen molar-refractivity contribution in [2.45, 2.75) is 19.3 Å². The van der Waals surface area contributed by atoms with Crippen LogP contribution in [0.25, 0.3) is 0 Å². The number of nitrogens with two attached hydrogens (primary N) is 1. The molecule has 0 aliphatic heterocycles. The molecule has 0 amide bonds. The van der Waals surface area contributed by atoms with Crippen molar-refractivity contribution in [3.63, 3.8) is 0 Å². The molecule has 0 unspecified atom stereocenters. The highest BCUT2D eigenvalue weighted by Gasteiger charge is 2.01. The quantitative estimate of drug-likeness (QED) is 0.364. The first-order chi connectivity index (χ1) is 6.07. The minimum absolute atomic E-state index is 0.219. The summed E-state index contributed by atoms with van der Waals surface area (Å²) in [6, 6.07) is 0. The van der Waals surface area contributed by atoms with Crippen LogP contribution in [0.5, 0.6) is 0 Å². The zero-order valence-electron chi connectivity index (χ0n) is 8.16. The lowest BCUT2D eigenvalue weighted by molar-refractivity contribution is -0.137. The summed E-state index contributed by atoms with van der Waals surface area (Å²) in [5.74, 6) is -0.268. The number of rotatable bonds is 5. The predicted octanol–water partition coefficient (Wildman–Crippen LogP) is 0.118. The molecule has 0 aromatic rings. The van der Waals surface area contributed by atoms with Gasteiger partial charge in [-0.2, -0.15) is 0 Å². The average Bonchev–Trinajstić information content (AvgIpc) is 2.10. The predicted molar refractivity (Wildman–Crippen MR) is 51.7 cm³/mol. The molecule has 5 heteroatoms. The van der Waals surface area contributed by atoms with Crippen molar-refractivity contribution in [2.75, 3.05) is 20.6 Å². The molecule has 0 rings (SSSR count). The first-order valence-corrected chi connectivity index (χ1v) is 4.23. The summed E-state index contributed by atoms with van der Waals surface area (Å²) in [6.45, 7) is 0.746. The third-order valence-corrected chi connectivity index (χ3v) is 1.75. The molecule has 0 aromatic heterocycles. The van der Waals surface area contributed by atoms with Gasteiger partial charge in [0, 0.05) is 27.1 Å². The monoisotopic (exact) mass is 187 g/mol. The van der Waals surface area contributed by atoms with Gasteiger partial charge in [-0.1, -0.05) is 0 Å². The summed E-state index contributed by atoms with van der Waals surface area (Å²) in [7, 11) is 3.46. The van der Waals surface area contributed by atoms with Crippen molar-refractivity contribution in [3.8, 4) is 0 Å². The van der Waals surface area contributed by atoms with Gasteiger partial charge in [0.25, 0.3) is 0 Å². The Hall–Kier alpha value is -1.26. The summed E-state index contributed by atoms with van der Waals surface area (Å²) in [5.41, 5.74) is 5.52. The number of nitrogens with zero attached hydrogens (tertiary/aromatic N) is 2. The van der Waals surface area contributed by atoms with Gasteiger partial charge in [0.1, 0.15) is 0 Å². The van der Waals surface area contributed by atoms with Gasteiger partial charge in [0.05, 0.1) is 0 Å². The number of carboxylic acids is 1. The van der Waals surface area contributed by atoms with Crippen LogP contribution in [0.3, 0.4) is 0 Å². The average molecular weight is 187 g/mol. The summed E-state index contributed by atoms with van der Waals surface area (Å²) in [4.78, 5) is 15.8. The smallest absolute Gasteiger partial charge is 0.303 e. The van der Waals surface area contributed by atoms with E-state index in [9.17, 15) is 4.79 Å². The summed E-state index contributed by atoms with van der Waals surface area (Å²) in [6.07, 6.45) is 1.71. The number of aliphatic imine (C=N–C) groups is 1. The van der Waals surface area contributed by atoms with Crippen molar-refractivity contribution in [3.05, 3.63) is 0 Å². The Morgan fingerprint density at radius 1 is 1.54 bits per heavy atom. The molecule has 0 spiro atoms. The lowest BCUT2D eigenvalue weighted by Gasteiger charge is -2.16. The number of carboxylic acid groups (broad SMARTS) is 1. The topological polar surface area (TPSA) is 78.9 Å². The number of hydrogen-bond acceptors (Lipinski definition) is 2. The second kappa shape index (κ2) is 6.28. The first kappa shape index (κ1) is 11.7. The van der Waals surface area contributed by atoms with Crippen LogP contribution in [0.2, 0.25) is 0 Å². The van der Waals surface area contributed by atoms with E-state index in [-0.39, 0.29) is 6.42 Å². The Morgan fingerprint density at radius 2 is 2.15 bits per heavy atom. The zero-order chi connectivity index (χ0) is 10.3. The van der Waals surface area contributed by atoms with Crippen LogP contribution in [0.4, 0.5) is 0 Å². The lowest BCUT2D eigenvalue weighted by atomic mass is 10.2.